The van der Waals surface area contributed by atoms with Crippen LogP contribution in [0.5, 0.6) is 0 Å². The maximum atomic E-state index is 13.5. The number of non-ortho nitro benzene ring substituents is 1. The maximum absolute atomic E-state index is 13.5. The van der Waals surface area contributed by atoms with Crippen molar-refractivity contribution in [3.8, 4) is 0 Å². The Labute approximate surface area is 187 Å². The van der Waals surface area contributed by atoms with Crippen molar-refractivity contribution in [1.29, 1.82) is 0 Å². The summed E-state index contributed by atoms with van der Waals surface area (Å²) in [5.74, 6) is -3.13. The largest absolute Gasteiger partial charge is 0.417 e. The van der Waals surface area contributed by atoms with Gasteiger partial charge in [-0.2, -0.15) is 26.3 Å². The van der Waals surface area contributed by atoms with E-state index in [9.17, 15) is 46.0 Å². The monoisotopic (exact) mass is 482 g/mol. The Kier molecular flexibility index (Phi) is 6.44. The van der Waals surface area contributed by atoms with Gasteiger partial charge in [0.2, 0.25) is 0 Å². The summed E-state index contributed by atoms with van der Waals surface area (Å²) in [6.07, 6.45) is -10.0. The van der Waals surface area contributed by atoms with Crippen LogP contribution in [0, 0.1) is 10.1 Å². The third-order valence-electron chi connectivity index (χ3n) is 4.65. The number of nitrogens with zero attached hydrogens (tertiary/aromatic N) is 2. The van der Waals surface area contributed by atoms with Crippen molar-refractivity contribution < 1.29 is 40.9 Å². The Morgan fingerprint density at radius 1 is 0.676 bits per heavy atom. The van der Waals surface area contributed by atoms with Crippen LogP contribution >= 0.6 is 0 Å². The summed E-state index contributed by atoms with van der Waals surface area (Å²) >= 11 is 0. The van der Waals surface area contributed by atoms with Gasteiger partial charge in [0.15, 0.2) is 0 Å². The van der Waals surface area contributed by atoms with E-state index in [1.807, 2.05) is 0 Å². The Morgan fingerprint density at radius 2 is 1.06 bits per heavy atom. The lowest BCUT2D eigenvalue weighted by Crippen LogP contribution is -2.39. The van der Waals surface area contributed by atoms with Gasteiger partial charge in [0.05, 0.1) is 32.9 Å². The summed E-state index contributed by atoms with van der Waals surface area (Å²) in [7, 11) is 0. The van der Waals surface area contributed by atoms with Gasteiger partial charge in [-0.1, -0.05) is 24.3 Å². The van der Waals surface area contributed by atoms with E-state index >= 15 is 0 Å². The number of nitro benzene ring substituents is 1. The number of imide groups is 1. The molecule has 0 bridgehead atoms. The minimum atomic E-state index is -5.01. The van der Waals surface area contributed by atoms with Gasteiger partial charge in [-0.15, -0.1) is 0 Å². The first-order valence-electron chi connectivity index (χ1n) is 9.28. The van der Waals surface area contributed by atoms with Crippen molar-refractivity contribution in [2.45, 2.75) is 12.4 Å². The first-order valence-corrected chi connectivity index (χ1v) is 9.28. The summed E-state index contributed by atoms with van der Waals surface area (Å²) in [4.78, 5) is 36.6. The zero-order chi connectivity index (χ0) is 25.3. The number of halogens is 6. The fourth-order valence-corrected chi connectivity index (χ4v) is 3.12. The van der Waals surface area contributed by atoms with Crippen molar-refractivity contribution in [3.63, 3.8) is 0 Å². The molecule has 0 radical (unpaired) electrons. The average Bonchev–Trinajstić information content (AvgIpc) is 2.78. The number of benzene rings is 3. The third-order valence-corrected chi connectivity index (χ3v) is 4.65. The molecule has 0 unspecified atom stereocenters. The molecule has 3 rings (SSSR count). The van der Waals surface area contributed by atoms with Gasteiger partial charge in [0.25, 0.3) is 17.5 Å². The fraction of sp³-hybridized carbons (Fsp3) is 0.0909. The molecule has 0 atom stereocenters. The van der Waals surface area contributed by atoms with Crippen LogP contribution in [0.25, 0.3) is 0 Å². The van der Waals surface area contributed by atoms with Crippen molar-refractivity contribution >= 4 is 23.2 Å². The number of hydrogen-bond donors (Lipinski definition) is 0. The highest BCUT2D eigenvalue weighted by Gasteiger charge is 2.40. The van der Waals surface area contributed by atoms with E-state index in [-0.39, 0.29) is 4.90 Å². The van der Waals surface area contributed by atoms with Crippen molar-refractivity contribution in [3.05, 3.63) is 105 Å². The quantitative estimate of drug-likeness (QED) is 0.194. The van der Waals surface area contributed by atoms with E-state index in [1.54, 1.807) is 0 Å². The molecule has 0 N–H and O–H groups in total. The van der Waals surface area contributed by atoms with Crippen LogP contribution in [-0.2, 0) is 12.4 Å². The number of carbonyl (C=O) groups is 2. The number of hydrogen-bond acceptors (Lipinski definition) is 4. The first kappa shape index (κ1) is 24.4. The highest BCUT2D eigenvalue weighted by Crippen LogP contribution is 2.36. The molecule has 6 nitrogen and oxygen atoms in total. The summed E-state index contributed by atoms with van der Waals surface area (Å²) in [5, 5.41) is 10.9. The van der Waals surface area contributed by atoms with E-state index < -0.39 is 62.7 Å². The first-order chi connectivity index (χ1) is 15.8. The molecule has 0 aliphatic heterocycles. The Bertz CT molecular complexity index is 1180. The van der Waals surface area contributed by atoms with E-state index in [4.69, 9.17) is 0 Å². The van der Waals surface area contributed by atoms with Crippen LogP contribution in [0.2, 0.25) is 0 Å². The minimum absolute atomic E-state index is 0.124. The molecule has 34 heavy (non-hydrogen) atoms. The summed E-state index contributed by atoms with van der Waals surface area (Å²) in [5.41, 5.74) is -5.76. The van der Waals surface area contributed by atoms with Crippen LogP contribution in [0.3, 0.4) is 0 Å². The van der Waals surface area contributed by atoms with Gasteiger partial charge in [0.1, 0.15) is 0 Å². The lowest BCUT2D eigenvalue weighted by atomic mass is 10.0. The van der Waals surface area contributed by atoms with Gasteiger partial charge < -0.3 is 0 Å². The number of anilines is 1. The molecular weight excluding hydrogens is 470 g/mol. The van der Waals surface area contributed by atoms with Gasteiger partial charge in [0, 0.05) is 12.1 Å². The Morgan fingerprint density at radius 3 is 1.41 bits per heavy atom. The van der Waals surface area contributed by atoms with Crippen LogP contribution in [-0.4, -0.2) is 16.7 Å². The summed E-state index contributed by atoms with van der Waals surface area (Å²) in [6.45, 7) is 0. The third kappa shape index (κ3) is 4.90. The number of alkyl halides is 6. The van der Waals surface area contributed by atoms with Crippen LogP contribution in [0.15, 0.2) is 72.8 Å². The second-order valence-corrected chi connectivity index (χ2v) is 6.81. The molecule has 0 saturated heterocycles. The minimum Gasteiger partial charge on any atom is -0.268 e. The molecule has 0 aliphatic rings. The van der Waals surface area contributed by atoms with Gasteiger partial charge in [-0.3, -0.25) is 19.7 Å². The molecular formula is C22H12F6N2O4. The zero-order valence-corrected chi connectivity index (χ0v) is 16.7. The number of amides is 2. The molecule has 0 heterocycles. The van der Waals surface area contributed by atoms with E-state index in [2.05, 4.69) is 0 Å². The van der Waals surface area contributed by atoms with E-state index in [0.29, 0.717) is 12.1 Å². The fourth-order valence-electron chi connectivity index (χ4n) is 3.12. The molecule has 0 spiro atoms. The molecule has 0 fully saturated rings. The molecule has 176 valence electrons. The normalized spacial score (nSPS) is 11.7. The van der Waals surface area contributed by atoms with Gasteiger partial charge in [-0.05, 0) is 36.4 Å². The predicted molar refractivity (Wildman–Crippen MR) is 107 cm³/mol. The molecule has 0 aliphatic carbocycles. The number of nitro groups is 1. The van der Waals surface area contributed by atoms with Crippen LogP contribution < -0.4 is 4.90 Å². The summed E-state index contributed by atoms with van der Waals surface area (Å²) < 4.78 is 80.9. The highest BCUT2D eigenvalue weighted by molar-refractivity contribution is 6.26. The maximum Gasteiger partial charge on any atom is 0.417 e. The lowest BCUT2D eigenvalue weighted by Gasteiger charge is -2.24. The number of rotatable bonds is 4. The topological polar surface area (TPSA) is 80.5 Å². The molecule has 2 amide bonds. The van der Waals surface area contributed by atoms with E-state index in [1.165, 1.54) is 0 Å². The molecule has 0 aromatic heterocycles. The van der Waals surface area contributed by atoms with Gasteiger partial charge in [-0.25, -0.2) is 4.90 Å². The van der Waals surface area contributed by atoms with Gasteiger partial charge >= 0.3 is 12.4 Å². The molecule has 0 saturated carbocycles. The zero-order valence-electron chi connectivity index (χ0n) is 16.7. The van der Waals surface area contributed by atoms with Crippen molar-refractivity contribution in [2.75, 3.05) is 4.90 Å². The lowest BCUT2D eigenvalue weighted by molar-refractivity contribution is -0.384. The Hall–Kier alpha value is -4.22. The molecule has 3 aromatic carbocycles. The van der Waals surface area contributed by atoms with Crippen LogP contribution in [0.1, 0.15) is 31.8 Å². The predicted octanol–water partition coefficient (Wildman–Crippen LogP) is 6.12. The molecule has 12 heteroatoms. The summed E-state index contributed by atoms with van der Waals surface area (Å²) in [6, 6.07) is 10.3. The SMILES string of the molecule is O=C(c1ccccc1C(F)(F)F)N(C(=O)c1ccccc1C(F)(F)F)c1ccc([N+](=O)[O-])cc1. The standard InChI is InChI=1S/C22H12F6N2O4/c23-21(24,25)17-7-3-1-5-15(17)19(31)29(13-9-11-14(12-10-13)30(33)34)20(32)16-6-2-4-8-18(16)22(26,27)28/h1-12H. The second-order valence-electron chi connectivity index (χ2n) is 6.81. The van der Waals surface area contributed by atoms with Crippen molar-refractivity contribution in [2.24, 2.45) is 0 Å². The van der Waals surface area contributed by atoms with E-state index in [0.717, 1.165) is 60.7 Å². The number of carbonyl (C=O) groups excluding carboxylic acids is 2. The Balaban J connectivity index is 2.22. The second kappa shape index (κ2) is 8.96. The van der Waals surface area contributed by atoms with Crippen LogP contribution in [0.4, 0.5) is 37.7 Å². The average molecular weight is 482 g/mol. The molecule has 3 aromatic rings. The smallest absolute Gasteiger partial charge is 0.268 e. The highest BCUT2D eigenvalue weighted by atomic mass is 19.4. The van der Waals surface area contributed by atoms with Crippen molar-refractivity contribution in [1.82, 2.24) is 0 Å².